The number of anilines is 1. The lowest BCUT2D eigenvalue weighted by Crippen LogP contribution is -2.36. The van der Waals surface area contributed by atoms with Crippen LogP contribution in [0.3, 0.4) is 0 Å². The molecule has 3 rings (SSSR count). The number of rotatable bonds is 8. The first-order valence-corrected chi connectivity index (χ1v) is 10.4. The molecule has 1 saturated heterocycles. The fraction of sp³-hybridized carbons (Fsp3) is 0.409. The van der Waals surface area contributed by atoms with E-state index in [1.807, 2.05) is 4.90 Å². The molecule has 0 unspecified atom stereocenters. The number of morpholine rings is 1. The number of aryl methyl sites for hydroxylation is 2. The van der Waals surface area contributed by atoms with E-state index in [9.17, 15) is 24.5 Å². The zero-order valence-corrected chi connectivity index (χ0v) is 18.6. The number of H-pyrrole nitrogens is 1. The van der Waals surface area contributed by atoms with E-state index in [4.69, 9.17) is 14.2 Å². The first kappa shape index (κ1) is 23.9. The van der Waals surface area contributed by atoms with E-state index in [1.165, 1.54) is 12.1 Å². The van der Waals surface area contributed by atoms with Gasteiger partial charge in [0.1, 0.15) is 5.69 Å². The number of carbonyl (C=O) groups is 3. The van der Waals surface area contributed by atoms with Gasteiger partial charge in [0, 0.05) is 30.5 Å². The van der Waals surface area contributed by atoms with Crippen molar-refractivity contribution in [3.8, 4) is 0 Å². The van der Waals surface area contributed by atoms with Crippen LogP contribution in [-0.2, 0) is 14.2 Å². The number of nitrogens with zero attached hydrogens (tertiary/aromatic N) is 2. The second kappa shape index (κ2) is 10.3. The lowest BCUT2D eigenvalue weighted by atomic mass is 10.1. The van der Waals surface area contributed by atoms with Gasteiger partial charge < -0.3 is 24.1 Å². The van der Waals surface area contributed by atoms with Gasteiger partial charge in [0.05, 0.1) is 41.4 Å². The molecule has 0 radical (unpaired) electrons. The van der Waals surface area contributed by atoms with Gasteiger partial charge in [-0.05, 0) is 32.9 Å². The molecule has 2 aromatic rings. The Kier molecular flexibility index (Phi) is 7.44. The van der Waals surface area contributed by atoms with Crippen molar-refractivity contribution in [2.45, 2.75) is 20.8 Å². The van der Waals surface area contributed by atoms with Crippen LogP contribution in [0.1, 0.15) is 49.4 Å². The summed E-state index contributed by atoms with van der Waals surface area (Å²) < 4.78 is 15.4. The van der Waals surface area contributed by atoms with Gasteiger partial charge in [-0.25, -0.2) is 9.59 Å². The minimum Gasteiger partial charge on any atom is -0.462 e. The fourth-order valence-electron chi connectivity index (χ4n) is 3.74. The standard InChI is InChI=1S/C22H25N3O8/c1-4-32-22(28)20-14(3)23-13(2)19(20)18(26)12-33-21(27)15-5-6-16(17(11-15)25(29)30)24-7-9-31-10-8-24/h5-6,11,23H,4,7-10,12H2,1-3H3. The molecule has 1 aliphatic rings. The molecule has 0 amide bonds. The molecule has 2 heterocycles. The van der Waals surface area contributed by atoms with Crippen molar-refractivity contribution >= 4 is 29.1 Å². The molecule has 11 heteroatoms. The molecular formula is C22H25N3O8. The van der Waals surface area contributed by atoms with Crippen molar-refractivity contribution in [2.24, 2.45) is 0 Å². The van der Waals surface area contributed by atoms with Crippen molar-refractivity contribution in [3.63, 3.8) is 0 Å². The Hall–Kier alpha value is -3.73. The SMILES string of the molecule is CCOC(=O)c1c(C)[nH]c(C)c1C(=O)COC(=O)c1ccc(N2CCOCC2)c([N+](=O)[O-])c1. The lowest BCUT2D eigenvalue weighted by Gasteiger charge is -2.28. The summed E-state index contributed by atoms with van der Waals surface area (Å²) in [5, 5.41) is 11.6. The van der Waals surface area contributed by atoms with Crippen molar-refractivity contribution < 1.29 is 33.5 Å². The van der Waals surface area contributed by atoms with Crippen LogP contribution in [0.15, 0.2) is 18.2 Å². The minimum atomic E-state index is -0.887. The topological polar surface area (TPSA) is 141 Å². The lowest BCUT2D eigenvalue weighted by molar-refractivity contribution is -0.384. The van der Waals surface area contributed by atoms with Crippen molar-refractivity contribution in [2.75, 3.05) is 44.4 Å². The fourth-order valence-corrected chi connectivity index (χ4v) is 3.74. The van der Waals surface area contributed by atoms with Gasteiger partial charge in [0.25, 0.3) is 5.69 Å². The Morgan fingerprint density at radius 3 is 2.39 bits per heavy atom. The Bertz CT molecular complexity index is 1090. The summed E-state index contributed by atoms with van der Waals surface area (Å²) in [6.07, 6.45) is 0. The van der Waals surface area contributed by atoms with Crippen LogP contribution in [0, 0.1) is 24.0 Å². The Morgan fingerprint density at radius 2 is 1.76 bits per heavy atom. The van der Waals surface area contributed by atoms with Crippen LogP contribution in [0.2, 0.25) is 0 Å². The second-order valence-corrected chi connectivity index (χ2v) is 7.40. The molecule has 0 spiro atoms. The van der Waals surface area contributed by atoms with Crippen LogP contribution in [0.4, 0.5) is 11.4 Å². The van der Waals surface area contributed by atoms with Gasteiger partial charge in [-0.2, -0.15) is 0 Å². The molecule has 0 bridgehead atoms. The summed E-state index contributed by atoms with van der Waals surface area (Å²) in [5.74, 6) is -2.13. The molecule has 33 heavy (non-hydrogen) atoms. The van der Waals surface area contributed by atoms with Crippen LogP contribution >= 0.6 is 0 Å². The average Bonchev–Trinajstić information content (AvgIpc) is 3.11. The normalized spacial score (nSPS) is 13.5. The highest BCUT2D eigenvalue weighted by molar-refractivity contribution is 6.09. The van der Waals surface area contributed by atoms with Crippen LogP contribution < -0.4 is 4.90 Å². The average molecular weight is 459 g/mol. The molecule has 176 valence electrons. The van der Waals surface area contributed by atoms with Crippen LogP contribution in [-0.4, -0.2) is 67.1 Å². The van der Waals surface area contributed by atoms with E-state index in [0.717, 1.165) is 6.07 Å². The van der Waals surface area contributed by atoms with Gasteiger partial charge in [-0.1, -0.05) is 0 Å². The number of nitro groups is 1. The molecule has 1 fully saturated rings. The number of nitro benzene ring substituents is 1. The first-order valence-electron chi connectivity index (χ1n) is 10.4. The third-order valence-corrected chi connectivity index (χ3v) is 5.23. The highest BCUT2D eigenvalue weighted by atomic mass is 16.6. The highest BCUT2D eigenvalue weighted by Gasteiger charge is 2.27. The molecule has 11 nitrogen and oxygen atoms in total. The maximum Gasteiger partial charge on any atom is 0.340 e. The zero-order valence-electron chi connectivity index (χ0n) is 18.6. The number of aromatic amines is 1. The molecular weight excluding hydrogens is 434 g/mol. The second-order valence-electron chi connectivity index (χ2n) is 7.40. The number of Topliss-reactive ketones (excluding diaryl/α,β-unsaturated/α-hetero) is 1. The van der Waals surface area contributed by atoms with E-state index in [0.29, 0.717) is 43.4 Å². The molecule has 1 N–H and O–H groups in total. The molecule has 0 aliphatic carbocycles. The van der Waals surface area contributed by atoms with Gasteiger partial charge in [0.15, 0.2) is 6.61 Å². The maximum absolute atomic E-state index is 12.7. The van der Waals surface area contributed by atoms with E-state index in [-0.39, 0.29) is 29.0 Å². The summed E-state index contributed by atoms with van der Waals surface area (Å²) >= 11 is 0. The van der Waals surface area contributed by atoms with Gasteiger partial charge in [0.2, 0.25) is 5.78 Å². The van der Waals surface area contributed by atoms with E-state index >= 15 is 0 Å². The zero-order chi connectivity index (χ0) is 24.1. The quantitative estimate of drug-likeness (QED) is 0.273. The Morgan fingerprint density at radius 1 is 1.09 bits per heavy atom. The molecule has 1 aliphatic heterocycles. The number of esters is 2. The predicted molar refractivity (Wildman–Crippen MR) is 117 cm³/mol. The van der Waals surface area contributed by atoms with Gasteiger partial charge in [-0.15, -0.1) is 0 Å². The highest BCUT2D eigenvalue weighted by Crippen LogP contribution is 2.30. The number of aromatic nitrogens is 1. The molecule has 0 atom stereocenters. The van der Waals surface area contributed by atoms with E-state index < -0.39 is 29.3 Å². The van der Waals surface area contributed by atoms with E-state index in [1.54, 1.807) is 20.8 Å². The third-order valence-electron chi connectivity index (χ3n) is 5.23. The van der Waals surface area contributed by atoms with Gasteiger partial charge >= 0.3 is 11.9 Å². The number of nitrogens with one attached hydrogen (secondary N) is 1. The number of ether oxygens (including phenoxy) is 3. The van der Waals surface area contributed by atoms with Crippen molar-refractivity contribution in [1.82, 2.24) is 4.98 Å². The first-order chi connectivity index (χ1) is 15.7. The number of benzene rings is 1. The number of hydrogen-bond donors (Lipinski definition) is 1. The summed E-state index contributed by atoms with van der Waals surface area (Å²) in [6, 6.07) is 4.04. The summed E-state index contributed by atoms with van der Waals surface area (Å²) in [4.78, 5) is 53.3. The minimum absolute atomic E-state index is 0.0564. The molecule has 1 aromatic carbocycles. The smallest absolute Gasteiger partial charge is 0.340 e. The Labute approximate surface area is 189 Å². The predicted octanol–water partition coefficient (Wildman–Crippen LogP) is 2.59. The van der Waals surface area contributed by atoms with Gasteiger partial charge in [-0.3, -0.25) is 14.9 Å². The monoisotopic (exact) mass is 459 g/mol. The third kappa shape index (κ3) is 5.20. The summed E-state index contributed by atoms with van der Waals surface area (Å²) in [6.45, 7) is 6.32. The van der Waals surface area contributed by atoms with E-state index in [2.05, 4.69) is 4.98 Å². The molecule has 0 saturated carbocycles. The van der Waals surface area contributed by atoms with Crippen molar-refractivity contribution in [3.05, 3.63) is 56.4 Å². The van der Waals surface area contributed by atoms with Crippen LogP contribution in [0.5, 0.6) is 0 Å². The molecule has 1 aromatic heterocycles. The Balaban J connectivity index is 1.76. The largest absolute Gasteiger partial charge is 0.462 e. The summed E-state index contributed by atoms with van der Waals surface area (Å²) in [5.41, 5.74) is 1.19. The number of carbonyl (C=O) groups excluding carboxylic acids is 3. The maximum atomic E-state index is 12.7. The van der Waals surface area contributed by atoms with Crippen molar-refractivity contribution in [1.29, 1.82) is 0 Å². The number of hydrogen-bond acceptors (Lipinski definition) is 9. The number of ketones is 1. The summed E-state index contributed by atoms with van der Waals surface area (Å²) in [7, 11) is 0. The van der Waals surface area contributed by atoms with Crippen LogP contribution in [0.25, 0.3) is 0 Å².